The Kier molecular flexibility index (Phi) is 4.52. The molecule has 1 aromatic rings. The molecule has 2 rings (SSSR count). The number of hydrogen-bond donors (Lipinski definition) is 1. The third-order valence-corrected chi connectivity index (χ3v) is 3.48. The van der Waals surface area contributed by atoms with Gasteiger partial charge in [-0.1, -0.05) is 15.9 Å². The number of nitrogens with zero attached hydrogens (tertiary/aromatic N) is 1. The number of rotatable bonds is 4. The summed E-state index contributed by atoms with van der Waals surface area (Å²) in [5.41, 5.74) is 0.412. The van der Waals surface area contributed by atoms with Gasteiger partial charge in [0.25, 0.3) is 0 Å². The summed E-state index contributed by atoms with van der Waals surface area (Å²) in [5.74, 6) is -0.626. The van der Waals surface area contributed by atoms with Gasteiger partial charge in [0.2, 0.25) is 11.8 Å². The molecule has 0 unspecified atom stereocenters. The van der Waals surface area contributed by atoms with Crippen molar-refractivity contribution < 1.29 is 14.0 Å². The van der Waals surface area contributed by atoms with Gasteiger partial charge < -0.3 is 10.2 Å². The first-order valence-electron chi connectivity index (χ1n) is 6.04. The lowest BCUT2D eigenvalue weighted by Crippen LogP contribution is -2.37. The molecule has 0 aliphatic carbocycles. The number of nitrogens with one attached hydrogen (secondary N) is 1. The van der Waals surface area contributed by atoms with E-state index >= 15 is 0 Å². The number of benzene rings is 1. The topological polar surface area (TPSA) is 49.4 Å². The van der Waals surface area contributed by atoms with Crippen molar-refractivity contribution in [3.8, 4) is 0 Å². The van der Waals surface area contributed by atoms with Crippen LogP contribution in [0.3, 0.4) is 0 Å². The van der Waals surface area contributed by atoms with E-state index in [-0.39, 0.29) is 30.7 Å². The Balaban J connectivity index is 1.86. The van der Waals surface area contributed by atoms with Crippen LogP contribution in [0.4, 0.5) is 4.39 Å². The highest BCUT2D eigenvalue weighted by molar-refractivity contribution is 9.10. The fourth-order valence-corrected chi connectivity index (χ4v) is 2.38. The van der Waals surface area contributed by atoms with Gasteiger partial charge >= 0.3 is 0 Å². The van der Waals surface area contributed by atoms with Gasteiger partial charge in [0, 0.05) is 29.5 Å². The molecule has 19 heavy (non-hydrogen) atoms. The molecule has 1 saturated heterocycles. The van der Waals surface area contributed by atoms with Crippen LogP contribution in [0.1, 0.15) is 18.4 Å². The van der Waals surface area contributed by atoms with Crippen LogP contribution in [-0.2, 0) is 16.1 Å². The predicted molar refractivity (Wildman–Crippen MR) is 71.8 cm³/mol. The summed E-state index contributed by atoms with van der Waals surface area (Å²) in [4.78, 5) is 24.6. The van der Waals surface area contributed by atoms with E-state index in [1.165, 1.54) is 11.0 Å². The summed E-state index contributed by atoms with van der Waals surface area (Å²) in [6, 6.07) is 4.57. The first-order valence-corrected chi connectivity index (χ1v) is 6.84. The fraction of sp³-hybridized carbons (Fsp3) is 0.385. The van der Waals surface area contributed by atoms with E-state index in [2.05, 4.69) is 21.2 Å². The normalized spacial score (nSPS) is 14.8. The summed E-state index contributed by atoms with van der Waals surface area (Å²) in [7, 11) is 0. The van der Waals surface area contributed by atoms with Crippen LogP contribution in [0, 0.1) is 5.82 Å². The van der Waals surface area contributed by atoms with Crippen LogP contribution in [0.5, 0.6) is 0 Å². The van der Waals surface area contributed by atoms with E-state index in [0.717, 1.165) is 10.9 Å². The molecule has 0 bridgehead atoms. The molecule has 1 aliphatic heterocycles. The van der Waals surface area contributed by atoms with Gasteiger partial charge in [0.1, 0.15) is 5.82 Å². The largest absolute Gasteiger partial charge is 0.350 e. The Bertz CT molecular complexity index is 507. The van der Waals surface area contributed by atoms with Gasteiger partial charge in [-0.15, -0.1) is 0 Å². The molecular formula is C13H14BrFN2O2. The molecule has 1 heterocycles. The second-order valence-electron chi connectivity index (χ2n) is 4.43. The highest BCUT2D eigenvalue weighted by Gasteiger charge is 2.22. The average molecular weight is 329 g/mol. The first-order chi connectivity index (χ1) is 9.06. The lowest BCUT2D eigenvalue weighted by atomic mass is 10.2. The Labute approximate surface area is 119 Å². The highest BCUT2D eigenvalue weighted by Crippen LogP contribution is 2.15. The van der Waals surface area contributed by atoms with Gasteiger partial charge in [0.05, 0.1) is 6.54 Å². The number of amides is 2. The molecule has 102 valence electrons. The van der Waals surface area contributed by atoms with E-state index in [1.54, 1.807) is 12.1 Å². The van der Waals surface area contributed by atoms with E-state index < -0.39 is 0 Å². The molecule has 0 atom stereocenters. The minimum atomic E-state index is -0.360. The van der Waals surface area contributed by atoms with Crippen molar-refractivity contribution in [2.24, 2.45) is 0 Å². The molecule has 0 saturated carbocycles. The zero-order valence-corrected chi connectivity index (χ0v) is 11.9. The summed E-state index contributed by atoms with van der Waals surface area (Å²) >= 11 is 3.25. The van der Waals surface area contributed by atoms with Crippen molar-refractivity contribution in [3.05, 3.63) is 34.1 Å². The Morgan fingerprint density at radius 1 is 1.47 bits per heavy atom. The smallest absolute Gasteiger partial charge is 0.239 e. The van der Waals surface area contributed by atoms with Gasteiger partial charge in [-0.05, 0) is 24.6 Å². The molecule has 2 amide bonds. The van der Waals surface area contributed by atoms with Gasteiger partial charge in [-0.2, -0.15) is 0 Å². The van der Waals surface area contributed by atoms with Crippen molar-refractivity contribution in [2.45, 2.75) is 19.4 Å². The molecule has 0 spiro atoms. The predicted octanol–water partition coefficient (Wildman–Crippen LogP) is 1.83. The van der Waals surface area contributed by atoms with Crippen molar-refractivity contribution in [1.82, 2.24) is 10.2 Å². The van der Waals surface area contributed by atoms with Crippen LogP contribution in [0.15, 0.2) is 22.7 Å². The van der Waals surface area contributed by atoms with E-state index in [1.807, 2.05) is 0 Å². The molecule has 1 aliphatic rings. The van der Waals surface area contributed by atoms with Crippen molar-refractivity contribution >= 4 is 27.7 Å². The Morgan fingerprint density at radius 2 is 2.26 bits per heavy atom. The van der Waals surface area contributed by atoms with E-state index in [4.69, 9.17) is 0 Å². The van der Waals surface area contributed by atoms with Crippen LogP contribution >= 0.6 is 15.9 Å². The van der Waals surface area contributed by atoms with Gasteiger partial charge in [-0.3, -0.25) is 9.59 Å². The lowest BCUT2D eigenvalue weighted by molar-refractivity contribution is -0.133. The maximum absolute atomic E-state index is 13.5. The van der Waals surface area contributed by atoms with Crippen LogP contribution < -0.4 is 5.32 Å². The first kappa shape index (κ1) is 14.0. The van der Waals surface area contributed by atoms with Crippen molar-refractivity contribution in [1.29, 1.82) is 0 Å². The lowest BCUT2D eigenvalue weighted by Gasteiger charge is -2.15. The molecule has 1 N–H and O–H groups in total. The summed E-state index contributed by atoms with van der Waals surface area (Å²) in [6.07, 6.45) is 1.31. The van der Waals surface area contributed by atoms with Crippen molar-refractivity contribution in [2.75, 3.05) is 13.1 Å². The Morgan fingerprint density at radius 3 is 2.95 bits per heavy atom. The third-order valence-electron chi connectivity index (χ3n) is 2.99. The van der Waals surface area contributed by atoms with Crippen LogP contribution in [0.2, 0.25) is 0 Å². The molecule has 6 heteroatoms. The third kappa shape index (κ3) is 3.76. The van der Waals surface area contributed by atoms with Gasteiger partial charge in [0.15, 0.2) is 0 Å². The molecule has 0 radical (unpaired) electrons. The second kappa shape index (κ2) is 6.14. The maximum atomic E-state index is 13.5. The summed E-state index contributed by atoms with van der Waals surface area (Å²) in [5, 5.41) is 2.62. The van der Waals surface area contributed by atoms with Crippen LogP contribution in [-0.4, -0.2) is 29.8 Å². The molecule has 0 aromatic heterocycles. The summed E-state index contributed by atoms with van der Waals surface area (Å²) in [6.45, 7) is 0.790. The van der Waals surface area contributed by atoms with Crippen molar-refractivity contribution in [3.63, 3.8) is 0 Å². The number of likely N-dealkylation sites (tertiary alicyclic amines) is 1. The van der Waals surface area contributed by atoms with E-state index in [0.29, 0.717) is 18.5 Å². The Hall–Kier alpha value is -1.43. The SMILES string of the molecule is O=C(CN1CCCC1=O)NCc1cc(Br)ccc1F. The quantitative estimate of drug-likeness (QED) is 0.916. The molecule has 1 fully saturated rings. The minimum Gasteiger partial charge on any atom is -0.350 e. The highest BCUT2D eigenvalue weighted by atomic mass is 79.9. The minimum absolute atomic E-state index is 0.00351. The zero-order valence-electron chi connectivity index (χ0n) is 10.3. The fourth-order valence-electron chi connectivity index (χ4n) is 1.97. The number of halogens is 2. The standard InChI is InChI=1S/C13H14BrFN2O2/c14-10-3-4-11(15)9(6-10)7-16-12(18)8-17-5-1-2-13(17)19/h3-4,6H,1-2,5,7-8H2,(H,16,18). The number of carbonyl (C=O) groups excluding carboxylic acids is 2. The maximum Gasteiger partial charge on any atom is 0.239 e. The molecule has 4 nitrogen and oxygen atoms in total. The van der Waals surface area contributed by atoms with Crippen LogP contribution in [0.25, 0.3) is 0 Å². The van der Waals surface area contributed by atoms with E-state index in [9.17, 15) is 14.0 Å². The summed E-state index contributed by atoms with van der Waals surface area (Å²) < 4.78 is 14.2. The zero-order chi connectivity index (χ0) is 13.8. The number of carbonyl (C=O) groups is 2. The number of hydrogen-bond acceptors (Lipinski definition) is 2. The monoisotopic (exact) mass is 328 g/mol. The molecular weight excluding hydrogens is 315 g/mol. The second-order valence-corrected chi connectivity index (χ2v) is 5.35. The average Bonchev–Trinajstić information content (AvgIpc) is 2.76. The van der Waals surface area contributed by atoms with Gasteiger partial charge in [-0.25, -0.2) is 4.39 Å². The molecule has 1 aromatic carbocycles.